The molecular formula is C17H16ClN5. The van der Waals surface area contributed by atoms with Gasteiger partial charge in [-0.15, -0.1) is 0 Å². The molecular weight excluding hydrogens is 310 g/mol. The Bertz CT molecular complexity index is 827. The van der Waals surface area contributed by atoms with Gasteiger partial charge in [0.05, 0.1) is 12.1 Å². The van der Waals surface area contributed by atoms with E-state index >= 15 is 0 Å². The van der Waals surface area contributed by atoms with Gasteiger partial charge in [0.15, 0.2) is 0 Å². The third-order valence-electron chi connectivity index (χ3n) is 4.25. The first-order valence-electron chi connectivity index (χ1n) is 7.57. The number of aromatic nitrogens is 4. The number of halogens is 1. The number of anilines is 1. The second kappa shape index (κ2) is 5.66. The summed E-state index contributed by atoms with van der Waals surface area (Å²) in [5.74, 6) is 0.697. The number of hydrogen-bond donors (Lipinski definition) is 1. The van der Waals surface area contributed by atoms with E-state index in [1.807, 2.05) is 28.9 Å². The lowest BCUT2D eigenvalue weighted by Crippen LogP contribution is -2.28. The minimum Gasteiger partial charge on any atom is -0.346 e. The summed E-state index contributed by atoms with van der Waals surface area (Å²) < 4.78 is 1.86. The molecule has 1 N–H and O–H groups in total. The summed E-state index contributed by atoms with van der Waals surface area (Å²) in [7, 11) is 0. The summed E-state index contributed by atoms with van der Waals surface area (Å²) in [4.78, 5) is 0. The normalized spacial score (nSPS) is 19.9. The standard InChI is InChI=1S/C17H16ClN5/c1-11-3-2-4-13(9-11)16-10-15(12-5-7-14(18)8-6-12)19-17-20-21-22-23(16)17/h2-9,15-16H,10H2,1H3,(H,19,20,22)/t15-,16+/m0/s1. The molecule has 5 nitrogen and oxygen atoms in total. The van der Waals surface area contributed by atoms with Crippen molar-refractivity contribution in [2.45, 2.75) is 25.4 Å². The van der Waals surface area contributed by atoms with Crippen LogP contribution in [0.5, 0.6) is 0 Å². The highest BCUT2D eigenvalue weighted by Gasteiger charge is 2.30. The number of nitrogens with zero attached hydrogens (tertiary/aromatic N) is 4. The number of hydrogen-bond acceptors (Lipinski definition) is 4. The molecule has 2 atom stereocenters. The fourth-order valence-corrected chi connectivity index (χ4v) is 3.23. The van der Waals surface area contributed by atoms with E-state index < -0.39 is 0 Å². The van der Waals surface area contributed by atoms with Gasteiger partial charge >= 0.3 is 0 Å². The van der Waals surface area contributed by atoms with Crippen molar-refractivity contribution in [3.05, 3.63) is 70.2 Å². The van der Waals surface area contributed by atoms with Crippen LogP contribution < -0.4 is 5.32 Å². The third kappa shape index (κ3) is 2.68. The predicted molar refractivity (Wildman–Crippen MR) is 89.6 cm³/mol. The van der Waals surface area contributed by atoms with Crippen LogP contribution >= 0.6 is 11.6 Å². The molecule has 116 valence electrons. The van der Waals surface area contributed by atoms with E-state index in [0.29, 0.717) is 5.95 Å². The Labute approximate surface area is 139 Å². The van der Waals surface area contributed by atoms with Crippen molar-refractivity contribution in [2.24, 2.45) is 0 Å². The molecule has 23 heavy (non-hydrogen) atoms. The van der Waals surface area contributed by atoms with Crippen LogP contribution in [0.1, 0.15) is 35.2 Å². The highest BCUT2D eigenvalue weighted by atomic mass is 35.5. The number of fused-ring (bicyclic) bond motifs is 1. The smallest absolute Gasteiger partial charge is 0.243 e. The Morgan fingerprint density at radius 3 is 2.74 bits per heavy atom. The Morgan fingerprint density at radius 2 is 1.96 bits per heavy atom. The lowest BCUT2D eigenvalue weighted by Gasteiger charge is -2.31. The monoisotopic (exact) mass is 325 g/mol. The average Bonchev–Trinajstić information content (AvgIpc) is 3.03. The van der Waals surface area contributed by atoms with Crippen LogP contribution in [0.25, 0.3) is 0 Å². The fourth-order valence-electron chi connectivity index (χ4n) is 3.11. The quantitative estimate of drug-likeness (QED) is 0.779. The van der Waals surface area contributed by atoms with Gasteiger partial charge in [-0.2, -0.15) is 0 Å². The molecule has 0 saturated heterocycles. The second-order valence-corrected chi connectivity index (χ2v) is 6.30. The van der Waals surface area contributed by atoms with Crippen molar-refractivity contribution < 1.29 is 0 Å². The summed E-state index contributed by atoms with van der Waals surface area (Å²) in [5.41, 5.74) is 3.64. The van der Waals surface area contributed by atoms with Gasteiger partial charge in [-0.3, -0.25) is 0 Å². The number of rotatable bonds is 2. The van der Waals surface area contributed by atoms with Crippen molar-refractivity contribution in [2.75, 3.05) is 5.32 Å². The number of benzene rings is 2. The molecule has 0 bridgehead atoms. The summed E-state index contributed by atoms with van der Waals surface area (Å²) in [6, 6.07) is 16.7. The van der Waals surface area contributed by atoms with E-state index in [4.69, 9.17) is 11.6 Å². The van der Waals surface area contributed by atoms with Crippen molar-refractivity contribution in [1.29, 1.82) is 0 Å². The lowest BCUT2D eigenvalue weighted by molar-refractivity contribution is 0.423. The molecule has 0 aliphatic carbocycles. The minimum atomic E-state index is 0.113. The van der Waals surface area contributed by atoms with E-state index in [1.54, 1.807) is 0 Å². The number of nitrogens with one attached hydrogen (secondary N) is 1. The molecule has 2 aromatic carbocycles. The topological polar surface area (TPSA) is 55.6 Å². The van der Waals surface area contributed by atoms with Crippen LogP contribution in [-0.4, -0.2) is 20.2 Å². The molecule has 1 aromatic heterocycles. The van der Waals surface area contributed by atoms with Gasteiger partial charge in [-0.05, 0) is 47.0 Å². The molecule has 0 amide bonds. The molecule has 4 rings (SSSR count). The molecule has 0 radical (unpaired) electrons. The lowest BCUT2D eigenvalue weighted by atomic mass is 9.93. The van der Waals surface area contributed by atoms with Crippen LogP contribution in [-0.2, 0) is 0 Å². The van der Waals surface area contributed by atoms with E-state index in [2.05, 4.69) is 52.0 Å². The second-order valence-electron chi connectivity index (χ2n) is 5.86. The first-order valence-corrected chi connectivity index (χ1v) is 7.95. The van der Waals surface area contributed by atoms with Gasteiger partial charge in [-0.1, -0.05) is 58.7 Å². The largest absolute Gasteiger partial charge is 0.346 e. The van der Waals surface area contributed by atoms with Gasteiger partial charge in [0.2, 0.25) is 5.95 Å². The zero-order valence-electron chi connectivity index (χ0n) is 12.6. The van der Waals surface area contributed by atoms with Gasteiger partial charge in [0.25, 0.3) is 0 Å². The zero-order valence-corrected chi connectivity index (χ0v) is 13.4. The molecule has 0 spiro atoms. The predicted octanol–water partition coefficient (Wildman–Crippen LogP) is 3.78. The number of aryl methyl sites for hydroxylation is 1. The van der Waals surface area contributed by atoms with Crippen molar-refractivity contribution in [3.8, 4) is 0 Å². The zero-order chi connectivity index (χ0) is 15.8. The van der Waals surface area contributed by atoms with E-state index in [9.17, 15) is 0 Å². The summed E-state index contributed by atoms with van der Waals surface area (Å²) >= 11 is 6.00. The van der Waals surface area contributed by atoms with E-state index in [-0.39, 0.29) is 12.1 Å². The molecule has 0 unspecified atom stereocenters. The van der Waals surface area contributed by atoms with Crippen LogP contribution in [0.4, 0.5) is 5.95 Å². The summed E-state index contributed by atoms with van der Waals surface area (Å²) in [6.45, 7) is 2.10. The Balaban J connectivity index is 1.73. The maximum Gasteiger partial charge on any atom is 0.243 e. The maximum absolute atomic E-state index is 6.00. The fraction of sp³-hybridized carbons (Fsp3) is 0.235. The van der Waals surface area contributed by atoms with Gasteiger partial charge in [-0.25, -0.2) is 4.68 Å². The van der Waals surface area contributed by atoms with Crippen LogP contribution in [0.15, 0.2) is 48.5 Å². The Hall–Kier alpha value is -2.40. The van der Waals surface area contributed by atoms with Gasteiger partial charge in [0, 0.05) is 5.02 Å². The van der Waals surface area contributed by atoms with E-state index in [0.717, 1.165) is 11.4 Å². The average molecular weight is 326 g/mol. The molecule has 1 aliphatic heterocycles. The number of tetrazole rings is 1. The highest BCUT2D eigenvalue weighted by Crippen LogP contribution is 2.37. The summed E-state index contributed by atoms with van der Waals surface area (Å²) in [5, 5.41) is 16.2. The van der Waals surface area contributed by atoms with Gasteiger partial charge in [0.1, 0.15) is 0 Å². The van der Waals surface area contributed by atoms with Crippen LogP contribution in [0.2, 0.25) is 5.02 Å². The first kappa shape index (κ1) is 14.2. The Kier molecular flexibility index (Phi) is 3.50. The van der Waals surface area contributed by atoms with Crippen molar-refractivity contribution in [1.82, 2.24) is 20.2 Å². The Morgan fingerprint density at radius 1 is 1.13 bits per heavy atom. The van der Waals surface area contributed by atoms with Crippen molar-refractivity contribution in [3.63, 3.8) is 0 Å². The van der Waals surface area contributed by atoms with Crippen LogP contribution in [0, 0.1) is 6.92 Å². The third-order valence-corrected chi connectivity index (χ3v) is 4.50. The molecule has 0 saturated carbocycles. The minimum absolute atomic E-state index is 0.113. The van der Waals surface area contributed by atoms with E-state index in [1.165, 1.54) is 16.7 Å². The van der Waals surface area contributed by atoms with Gasteiger partial charge < -0.3 is 5.32 Å². The molecule has 6 heteroatoms. The molecule has 0 fully saturated rings. The molecule has 3 aromatic rings. The van der Waals surface area contributed by atoms with Crippen LogP contribution in [0.3, 0.4) is 0 Å². The first-order chi connectivity index (χ1) is 11.2. The van der Waals surface area contributed by atoms with Crippen molar-refractivity contribution >= 4 is 17.5 Å². The highest BCUT2D eigenvalue weighted by molar-refractivity contribution is 6.30. The molecule has 1 aliphatic rings. The SMILES string of the molecule is Cc1cccc([C@H]2C[C@@H](c3ccc(Cl)cc3)Nc3nnnn32)c1. The molecule has 2 heterocycles. The summed E-state index contributed by atoms with van der Waals surface area (Å²) in [6.07, 6.45) is 0.878. The maximum atomic E-state index is 6.00.